The number of aryl methyl sites for hydroxylation is 1. The molecule has 0 saturated heterocycles. The largest absolute Gasteiger partial charge is 0.481 e. The van der Waals surface area contributed by atoms with E-state index in [1.807, 2.05) is 6.92 Å². The van der Waals surface area contributed by atoms with E-state index in [1.54, 1.807) is 18.2 Å². The Kier molecular flexibility index (Phi) is 4.33. The van der Waals surface area contributed by atoms with E-state index in [-0.39, 0.29) is 12.3 Å². The molecule has 1 aromatic carbocycles. The zero-order valence-electron chi connectivity index (χ0n) is 11.4. The van der Waals surface area contributed by atoms with Crippen LogP contribution in [0.3, 0.4) is 0 Å². The number of nitrogens with one attached hydrogen (secondary N) is 1. The van der Waals surface area contributed by atoms with Crippen LogP contribution in [0.25, 0.3) is 0 Å². The third-order valence-corrected chi connectivity index (χ3v) is 3.95. The van der Waals surface area contributed by atoms with E-state index in [1.165, 1.54) is 0 Å². The van der Waals surface area contributed by atoms with Gasteiger partial charge in [-0.3, -0.25) is 9.59 Å². The fourth-order valence-electron chi connectivity index (χ4n) is 2.87. The van der Waals surface area contributed by atoms with Crippen molar-refractivity contribution < 1.29 is 14.7 Å². The van der Waals surface area contributed by atoms with Gasteiger partial charge in [-0.2, -0.15) is 0 Å². The highest BCUT2D eigenvalue weighted by atomic mass is 35.5. The zero-order valence-corrected chi connectivity index (χ0v) is 12.2. The van der Waals surface area contributed by atoms with Crippen LogP contribution in [-0.2, 0) is 4.79 Å². The fourth-order valence-corrected chi connectivity index (χ4v) is 3.16. The third kappa shape index (κ3) is 3.51. The number of carboxylic acids is 1. The van der Waals surface area contributed by atoms with Crippen LogP contribution in [0.4, 0.5) is 0 Å². The minimum Gasteiger partial charge on any atom is -0.481 e. The van der Waals surface area contributed by atoms with Crippen LogP contribution >= 0.6 is 11.6 Å². The lowest BCUT2D eigenvalue weighted by molar-refractivity contribution is -0.138. The van der Waals surface area contributed by atoms with Crippen LogP contribution in [0.15, 0.2) is 18.2 Å². The minimum atomic E-state index is -0.880. The van der Waals surface area contributed by atoms with E-state index in [9.17, 15) is 9.59 Å². The van der Waals surface area contributed by atoms with Crippen LogP contribution in [0.2, 0.25) is 5.02 Å². The standard InChI is InChI=1S/C15H18ClNO3/c1-10-6-11(8-12(16)7-10)14(20)17-15(9-13(18)19)4-2-3-5-15/h6-8H,2-5,9H2,1H3,(H,17,20)(H,18,19). The van der Waals surface area contributed by atoms with Gasteiger partial charge in [0.1, 0.15) is 0 Å². The van der Waals surface area contributed by atoms with Crippen molar-refractivity contribution in [3.8, 4) is 0 Å². The fraction of sp³-hybridized carbons (Fsp3) is 0.467. The lowest BCUT2D eigenvalue weighted by Gasteiger charge is -2.28. The van der Waals surface area contributed by atoms with Crippen LogP contribution in [0, 0.1) is 6.92 Å². The van der Waals surface area contributed by atoms with Gasteiger partial charge in [-0.25, -0.2) is 0 Å². The molecule has 20 heavy (non-hydrogen) atoms. The monoisotopic (exact) mass is 295 g/mol. The summed E-state index contributed by atoms with van der Waals surface area (Å²) in [6, 6.07) is 5.14. The predicted molar refractivity (Wildman–Crippen MR) is 77.1 cm³/mol. The minimum absolute atomic E-state index is 0.0295. The van der Waals surface area contributed by atoms with E-state index in [4.69, 9.17) is 16.7 Å². The maximum absolute atomic E-state index is 12.3. The molecule has 1 fully saturated rings. The van der Waals surface area contributed by atoms with Gasteiger partial charge < -0.3 is 10.4 Å². The first-order valence-electron chi connectivity index (χ1n) is 6.72. The molecule has 108 valence electrons. The summed E-state index contributed by atoms with van der Waals surface area (Å²) in [7, 11) is 0. The molecule has 1 saturated carbocycles. The summed E-state index contributed by atoms with van der Waals surface area (Å²) < 4.78 is 0. The Balaban J connectivity index is 2.18. The van der Waals surface area contributed by atoms with Gasteiger partial charge in [0.2, 0.25) is 0 Å². The van der Waals surface area contributed by atoms with Crippen molar-refractivity contribution in [1.29, 1.82) is 0 Å². The Morgan fingerprint density at radius 1 is 1.30 bits per heavy atom. The molecule has 0 radical (unpaired) electrons. The summed E-state index contributed by atoms with van der Waals surface area (Å²) in [6.45, 7) is 1.87. The molecule has 2 N–H and O–H groups in total. The van der Waals surface area contributed by atoms with Crippen molar-refractivity contribution >= 4 is 23.5 Å². The number of rotatable bonds is 4. The predicted octanol–water partition coefficient (Wildman–Crippen LogP) is 3.17. The average Bonchev–Trinajstić information content (AvgIpc) is 2.74. The summed E-state index contributed by atoms with van der Waals surface area (Å²) in [5.74, 6) is -1.13. The van der Waals surface area contributed by atoms with Gasteiger partial charge in [-0.1, -0.05) is 24.4 Å². The van der Waals surface area contributed by atoms with Crippen LogP contribution < -0.4 is 5.32 Å². The molecule has 0 bridgehead atoms. The average molecular weight is 296 g/mol. The van der Waals surface area contributed by atoms with Crippen molar-refractivity contribution in [3.05, 3.63) is 34.3 Å². The van der Waals surface area contributed by atoms with Crippen molar-refractivity contribution in [2.45, 2.75) is 44.6 Å². The van der Waals surface area contributed by atoms with E-state index in [0.29, 0.717) is 23.4 Å². The van der Waals surface area contributed by atoms with Gasteiger partial charge in [0.15, 0.2) is 0 Å². The number of benzene rings is 1. The van der Waals surface area contributed by atoms with Crippen LogP contribution in [0.1, 0.15) is 48.0 Å². The molecule has 0 spiro atoms. The summed E-state index contributed by atoms with van der Waals surface area (Å²) in [4.78, 5) is 23.3. The molecule has 1 aliphatic rings. The van der Waals surface area contributed by atoms with Gasteiger partial charge in [-0.15, -0.1) is 0 Å². The lowest BCUT2D eigenvalue weighted by Crippen LogP contribution is -2.47. The highest BCUT2D eigenvalue weighted by molar-refractivity contribution is 6.31. The normalized spacial score (nSPS) is 16.9. The molecule has 5 heteroatoms. The van der Waals surface area contributed by atoms with Crippen LogP contribution in [0.5, 0.6) is 0 Å². The Bertz CT molecular complexity index is 516. The number of aliphatic carboxylic acids is 1. The summed E-state index contributed by atoms with van der Waals surface area (Å²) in [5, 5.41) is 12.5. The molecule has 4 nitrogen and oxygen atoms in total. The third-order valence-electron chi connectivity index (χ3n) is 3.73. The Hall–Kier alpha value is -1.55. The van der Waals surface area contributed by atoms with Crippen molar-refractivity contribution in [2.24, 2.45) is 0 Å². The number of carboxylic acid groups (broad SMARTS) is 1. The van der Waals surface area contributed by atoms with E-state index in [2.05, 4.69) is 5.32 Å². The SMILES string of the molecule is Cc1cc(Cl)cc(C(=O)NC2(CC(=O)O)CCCC2)c1. The number of hydrogen-bond acceptors (Lipinski definition) is 2. The molecule has 1 aliphatic carbocycles. The molecule has 0 atom stereocenters. The topological polar surface area (TPSA) is 66.4 Å². The molecular formula is C15H18ClNO3. The highest BCUT2D eigenvalue weighted by Crippen LogP contribution is 2.33. The number of carbonyl (C=O) groups excluding carboxylic acids is 1. The molecule has 0 aromatic heterocycles. The molecule has 0 heterocycles. The molecule has 0 aliphatic heterocycles. The van der Waals surface area contributed by atoms with Crippen LogP contribution in [-0.4, -0.2) is 22.5 Å². The Labute approximate surface area is 123 Å². The Morgan fingerprint density at radius 3 is 2.50 bits per heavy atom. The van der Waals surface area contributed by atoms with Gasteiger partial charge in [0.05, 0.1) is 12.0 Å². The van der Waals surface area contributed by atoms with Crippen molar-refractivity contribution in [3.63, 3.8) is 0 Å². The maximum atomic E-state index is 12.3. The quantitative estimate of drug-likeness (QED) is 0.896. The van der Waals surface area contributed by atoms with Gasteiger partial charge in [-0.05, 0) is 43.5 Å². The molecule has 1 amide bonds. The van der Waals surface area contributed by atoms with Gasteiger partial charge in [0.25, 0.3) is 5.91 Å². The number of halogens is 1. The van der Waals surface area contributed by atoms with E-state index in [0.717, 1.165) is 18.4 Å². The first kappa shape index (κ1) is 14.9. The first-order valence-corrected chi connectivity index (χ1v) is 7.10. The smallest absolute Gasteiger partial charge is 0.305 e. The van der Waals surface area contributed by atoms with Gasteiger partial charge in [0, 0.05) is 10.6 Å². The van der Waals surface area contributed by atoms with Gasteiger partial charge >= 0.3 is 5.97 Å². The Morgan fingerprint density at radius 2 is 1.95 bits per heavy atom. The molecule has 0 unspecified atom stereocenters. The summed E-state index contributed by atoms with van der Waals surface area (Å²) >= 11 is 5.96. The molecule has 2 rings (SSSR count). The zero-order chi connectivity index (χ0) is 14.8. The second-order valence-corrected chi connectivity index (χ2v) is 5.97. The number of amides is 1. The lowest BCUT2D eigenvalue weighted by atomic mass is 9.92. The molecular weight excluding hydrogens is 278 g/mol. The van der Waals surface area contributed by atoms with Crippen molar-refractivity contribution in [2.75, 3.05) is 0 Å². The molecule has 1 aromatic rings. The summed E-state index contributed by atoms with van der Waals surface area (Å²) in [5.41, 5.74) is 0.770. The highest BCUT2D eigenvalue weighted by Gasteiger charge is 2.37. The first-order chi connectivity index (χ1) is 9.40. The number of carbonyl (C=O) groups is 2. The van der Waals surface area contributed by atoms with Crippen molar-refractivity contribution in [1.82, 2.24) is 5.32 Å². The van der Waals surface area contributed by atoms with E-state index >= 15 is 0 Å². The maximum Gasteiger partial charge on any atom is 0.305 e. The second kappa shape index (κ2) is 5.83. The summed E-state index contributed by atoms with van der Waals surface area (Å²) in [6.07, 6.45) is 3.29. The second-order valence-electron chi connectivity index (χ2n) is 5.53. The number of hydrogen-bond donors (Lipinski definition) is 2. The van der Waals surface area contributed by atoms with E-state index < -0.39 is 11.5 Å².